The molecule has 5 heteroatoms. The Morgan fingerprint density at radius 3 is 2.45 bits per heavy atom. The van der Waals surface area contributed by atoms with Crippen molar-refractivity contribution in [3.63, 3.8) is 0 Å². The molecule has 0 aromatic heterocycles. The molecule has 112 valence electrons. The number of aliphatic hydroxyl groups excluding tert-OH is 1. The number of alkyl halides is 2. The standard InChI is InChI=1S/C15H21F2NO2/c1-15(2)7-8-18(10-15)9-13(19)11-3-5-12(6-4-11)20-14(16)17/h3-6,13-14,19H,7-10H2,1-2H3. The number of hydrogen-bond donors (Lipinski definition) is 1. The highest BCUT2D eigenvalue weighted by molar-refractivity contribution is 5.28. The predicted octanol–water partition coefficient (Wildman–Crippen LogP) is 3.05. The molecule has 0 bridgehead atoms. The molecule has 0 radical (unpaired) electrons. The van der Waals surface area contributed by atoms with Crippen LogP contribution in [0.2, 0.25) is 0 Å². The molecule has 1 N–H and O–H groups in total. The molecule has 1 heterocycles. The number of rotatable bonds is 5. The Kier molecular flexibility index (Phi) is 4.60. The fraction of sp³-hybridized carbons (Fsp3) is 0.600. The predicted molar refractivity (Wildman–Crippen MR) is 72.9 cm³/mol. The lowest BCUT2D eigenvalue weighted by atomic mass is 9.93. The molecule has 1 aromatic rings. The van der Waals surface area contributed by atoms with Crippen LogP contribution in [0.3, 0.4) is 0 Å². The Bertz CT molecular complexity index is 434. The zero-order valence-electron chi connectivity index (χ0n) is 11.9. The molecule has 1 aromatic carbocycles. The first-order valence-corrected chi connectivity index (χ1v) is 6.81. The Hall–Kier alpha value is -1.20. The fourth-order valence-electron chi connectivity index (χ4n) is 2.60. The van der Waals surface area contributed by atoms with Crippen molar-refractivity contribution in [2.24, 2.45) is 5.41 Å². The van der Waals surface area contributed by atoms with Crippen LogP contribution in [-0.4, -0.2) is 36.3 Å². The molecule has 0 saturated carbocycles. The molecule has 20 heavy (non-hydrogen) atoms. The second-order valence-corrected chi connectivity index (χ2v) is 6.11. The number of likely N-dealkylation sites (tertiary alicyclic amines) is 1. The summed E-state index contributed by atoms with van der Waals surface area (Å²) in [5, 5.41) is 10.2. The summed E-state index contributed by atoms with van der Waals surface area (Å²) in [7, 11) is 0. The number of nitrogens with zero attached hydrogens (tertiary/aromatic N) is 1. The topological polar surface area (TPSA) is 32.7 Å². The average Bonchev–Trinajstić information content (AvgIpc) is 2.68. The summed E-state index contributed by atoms with van der Waals surface area (Å²) < 4.78 is 28.4. The van der Waals surface area contributed by atoms with E-state index >= 15 is 0 Å². The maximum atomic E-state index is 12.0. The monoisotopic (exact) mass is 285 g/mol. The van der Waals surface area contributed by atoms with Crippen LogP contribution in [0.5, 0.6) is 5.75 Å². The number of hydrogen-bond acceptors (Lipinski definition) is 3. The lowest BCUT2D eigenvalue weighted by Crippen LogP contribution is -2.28. The maximum Gasteiger partial charge on any atom is 0.387 e. The van der Waals surface area contributed by atoms with Crippen LogP contribution in [0.1, 0.15) is 31.9 Å². The van der Waals surface area contributed by atoms with Crippen molar-refractivity contribution < 1.29 is 18.6 Å². The van der Waals surface area contributed by atoms with Gasteiger partial charge in [-0.25, -0.2) is 0 Å². The SMILES string of the molecule is CC1(C)CCN(CC(O)c2ccc(OC(F)F)cc2)C1. The quantitative estimate of drug-likeness (QED) is 0.902. The van der Waals surface area contributed by atoms with Gasteiger partial charge in [0.1, 0.15) is 5.75 Å². The van der Waals surface area contributed by atoms with Gasteiger partial charge in [-0.05, 0) is 36.1 Å². The number of benzene rings is 1. The van der Waals surface area contributed by atoms with E-state index in [1.54, 1.807) is 12.1 Å². The van der Waals surface area contributed by atoms with Gasteiger partial charge in [0.25, 0.3) is 0 Å². The summed E-state index contributed by atoms with van der Waals surface area (Å²) in [5.41, 5.74) is 1.02. The molecule has 0 aliphatic carbocycles. The van der Waals surface area contributed by atoms with Crippen LogP contribution in [0, 0.1) is 5.41 Å². The molecule has 1 fully saturated rings. The Morgan fingerprint density at radius 1 is 1.30 bits per heavy atom. The van der Waals surface area contributed by atoms with E-state index in [-0.39, 0.29) is 5.75 Å². The van der Waals surface area contributed by atoms with Crippen molar-refractivity contribution in [1.29, 1.82) is 0 Å². The van der Waals surface area contributed by atoms with Gasteiger partial charge in [0.2, 0.25) is 0 Å². The minimum Gasteiger partial charge on any atom is -0.435 e. The third kappa shape index (κ3) is 4.15. The van der Waals surface area contributed by atoms with Crippen LogP contribution in [0.4, 0.5) is 8.78 Å². The van der Waals surface area contributed by atoms with E-state index in [4.69, 9.17) is 0 Å². The Morgan fingerprint density at radius 2 is 1.95 bits per heavy atom. The van der Waals surface area contributed by atoms with Gasteiger partial charge in [0.15, 0.2) is 0 Å². The minimum absolute atomic E-state index is 0.109. The minimum atomic E-state index is -2.82. The summed E-state index contributed by atoms with van der Waals surface area (Å²) in [5.74, 6) is 0.109. The first-order valence-electron chi connectivity index (χ1n) is 6.81. The largest absolute Gasteiger partial charge is 0.435 e. The lowest BCUT2D eigenvalue weighted by Gasteiger charge is -2.22. The van der Waals surface area contributed by atoms with Crippen molar-refractivity contribution in [2.45, 2.75) is 33.0 Å². The van der Waals surface area contributed by atoms with E-state index in [1.165, 1.54) is 12.1 Å². The number of ether oxygens (including phenoxy) is 1. The maximum absolute atomic E-state index is 12.0. The van der Waals surface area contributed by atoms with Gasteiger partial charge in [-0.1, -0.05) is 26.0 Å². The van der Waals surface area contributed by atoms with Gasteiger partial charge >= 0.3 is 6.61 Å². The number of aliphatic hydroxyl groups is 1. The van der Waals surface area contributed by atoms with Gasteiger partial charge < -0.3 is 9.84 Å². The number of halogens is 2. The van der Waals surface area contributed by atoms with Gasteiger partial charge in [-0.15, -0.1) is 0 Å². The van der Waals surface area contributed by atoms with Crippen LogP contribution >= 0.6 is 0 Å². The molecular formula is C15H21F2NO2. The molecule has 1 aliphatic rings. The Labute approximate surface area is 118 Å². The van der Waals surface area contributed by atoms with Crippen LogP contribution in [0.15, 0.2) is 24.3 Å². The normalized spacial score (nSPS) is 20.3. The van der Waals surface area contributed by atoms with Gasteiger partial charge in [0, 0.05) is 13.1 Å². The summed E-state index contributed by atoms with van der Waals surface area (Å²) >= 11 is 0. The summed E-state index contributed by atoms with van der Waals surface area (Å²) in [6.45, 7) is 4.13. The van der Waals surface area contributed by atoms with E-state index < -0.39 is 12.7 Å². The van der Waals surface area contributed by atoms with Crippen molar-refractivity contribution in [2.75, 3.05) is 19.6 Å². The smallest absolute Gasteiger partial charge is 0.387 e. The van der Waals surface area contributed by atoms with Crippen LogP contribution in [0.25, 0.3) is 0 Å². The first-order chi connectivity index (χ1) is 9.35. The Balaban J connectivity index is 1.91. The molecule has 3 nitrogen and oxygen atoms in total. The van der Waals surface area contributed by atoms with E-state index in [0.717, 1.165) is 25.1 Å². The van der Waals surface area contributed by atoms with E-state index in [9.17, 15) is 13.9 Å². The van der Waals surface area contributed by atoms with E-state index in [2.05, 4.69) is 23.5 Å². The third-order valence-corrected chi connectivity index (χ3v) is 3.68. The highest BCUT2D eigenvalue weighted by atomic mass is 19.3. The molecule has 1 saturated heterocycles. The third-order valence-electron chi connectivity index (χ3n) is 3.68. The van der Waals surface area contributed by atoms with E-state index in [1.807, 2.05) is 0 Å². The highest BCUT2D eigenvalue weighted by Crippen LogP contribution is 2.30. The summed E-state index contributed by atoms with van der Waals surface area (Å²) in [6.07, 6.45) is 0.519. The highest BCUT2D eigenvalue weighted by Gasteiger charge is 2.30. The lowest BCUT2D eigenvalue weighted by molar-refractivity contribution is -0.0498. The molecule has 0 amide bonds. The summed E-state index contributed by atoms with van der Waals surface area (Å²) in [4.78, 5) is 2.23. The second-order valence-electron chi connectivity index (χ2n) is 6.11. The van der Waals surface area contributed by atoms with Crippen molar-refractivity contribution in [3.05, 3.63) is 29.8 Å². The van der Waals surface area contributed by atoms with Crippen molar-refractivity contribution in [1.82, 2.24) is 4.90 Å². The second kappa shape index (κ2) is 6.06. The number of β-amino-alcohol motifs (C(OH)–C–C–N with tert-alkyl or cyclic N) is 1. The zero-order valence-corrected chi connectivity index (χ0v) is 11.9. The molecule has 2 rings (SSSR count). The average molecular weight is 285 g/mol. The van der Waals surface area contributed by atoms with Crippen molar-refractivity contribution in [3.8, 4) is 5.75 Å². The first kappa shape index (κ1) is 15.2. The molecule has 1 unspecified atom stereocenters. The van der Waals surface area contributed by atoms with Gasteiger partial charge in [0.05, 0.1) is 6.10 Å². The van der Waals surface area contributed by atoms with Gasteiger partial charge in [-0.3, -0.25) is 4.90 Å². The van der Waals surface area contributed by atoms with Crippen LogP contribution < -0.4 is 4.74 Å². The van der Waals surface area contributed by atoms with Gasteiger partial charge in [-0.2, -0.15) is 8.78 Å². The molecule has 0 spiro atoms. The zero-order chi connectivity index (χ0) is 14.8. The fourth-order valence-corrected chi connectivity index (χ4v) is 2.60. The molecule has 1 atom stereocenters. The summed E-state index contributed by atoms with van der Waals surface area (Å²) in [6, 6.07) is 6.17. The van der Waals surface area contributed by atoms with Crippen molar-refractivity contribution >= 4 is 0 Å². The van der Waals surface area contributed by atoms with Crippen LogP contribution in [-0.2, 0) is 0 Å². The van der Waals surface area contributed by atoms with E-state index in [0.29, 0.717) is 12.0 Å². The molecule has 1 aliphatic heterocycles. The molecular weight excluding hydrogens is 264 g/mol.